The molecule has 0 aliphatic rings. The van der Waals surface area contributed by atoms with Gasteiger partial charge in [0.2, 0.25) is 0 Å². The third kappa shape index (κ3) is 3.13. The Morgan fingerprint density at radius 1 is 1.60 bits per heavy atom. The molecule has 3 nitrogen and oxygen atoms in total. The van der Waals surface area contributed by atoms with Crippen LogP contribution in [0.3, 0.4) is 0 Å². The minimum Gasteiger partial charge on any atom is -0.504 e. The first-order valence-electron chi connectivity index (χ1n) is 4.80. The lowest BCUT2D eigenvalue weighted by Gasteiger charge is -2.06. The minimum atomic E-state index is -0.359. The predicted octanol–water partition coefficient (Wildman–Crippen LogP) is 2.44. The van der Waals surface area contributed by atoms with Crippen LogP contribution >= 0.6 is 0 Å². The third-order valence-corrected chi connectivity index (χ3v) is 1.92. The van der Waals surface area contributed by atoms with Gasteiger partial charge in [0.15, 0.2) is 11.5 Å². The number of hydrogen-bond acceptors (Lipinski definition) is 3. The van der Waals surface area contributed by atoms with Crippen molar-refractivity contribution in [2.75, 3.05) is 0 Å². The molecule has 0 saturated carbocycles. The molecule has 0 aliphatic heterocycles. The lowest BCUT2D eigenvalue weighted by atomic mass is 10.1. The molecule has 80 valence electrons. The highest BCUT2D eigenvalue weighted by Crippen LogP contribution is 2.27. The summed E-state index contributed by atoms with van der Waals surface area (Å²) in [6.07, 6.45) is 2.70. The van der Waals surface area contributed by atoms with Gasteiger partial charge in [-0.3, -0.25) is 4.79 Å². The van der Waals surface area contributed by atoms with E-state index < -0.39 is 0 Å². The van der Waals surface area contributed by atoms with Crippen LogP contribution in [0.15, 0.2) is 30.9 Å². The molecule has 3 heteroatoms. The number of aromatic hydroxyl groups is 1. The molecular weight excluding hydrogens is 192 g/mol. The molecule has 0 saturated heterocycles. The second-order valence-corrected chi connectivity index (χ2v) is 3.12. The maximum atomic E-state index is 11.0. The number of carbonyl (C=O) groups is 1. The van der Waals surface area contributed by atoms with Gasteiger partial charge < -0.3 is 9.84 Å². The van der Waals surface area contributed by atoms with E-state index >= 15 is 0 Å². The monoisotopic (exact) mass is 206 g/mol. The number of rotatable bonds is 4. The molecule has 0 radical (unpaired) electrons. The van der Waals surface area contributed by atoms with Crippen LogP contribution in [0.2, 0.25) is 0 Å². The largest absolute Gasteiger partial charge is 0.504 e. The summed E-state index contributed by atoms with van der Waals surface area (Å²) in [5, 5.41) is 9.55. The quantitative estimate of drug-likeness (QED) is 0.467. The van der Waals surface area contributed by atoms with Gasteiger partial charge in [-0.1, -0.05) is 19.1 Å². The molecule has 0 bridgehead atoms. The lowest BCUT2D eigenvalue weighted by molar-refractivity contribution is -0.134. The van der Waals surface area contributed by atoms with Crippen molar-refractivity contribution < 1.29 is 14.6 Å². The average molecular weight is 206 g/mol. The van der Waals surface area contributed by atoms with Crippen molar-refractivity contribution >= 4 is 5.97 Å². The van der Waals surface area contributed by atoms with Crippen LogP contribution in [-0.2, 0) is 11.2 Å². The number of ether oxygens (including phenoxy) is 1. The Morgan fingerprint density at radius 3 is 2.87 bits per heavy atom. The molecule has 0 aliphatic carbocycles. The second kappa shape index (κ2) is 5.20. The van der Waals surface area contributed by atoms with E-state index in [1.54, 1.807) is 31.2 Å². The van der Waals surface area contributed by atoms with Gasteiger partial charge in [-0.05, 0) is 24.1 Å². The summed E-state index contributed by atoms with van der Waals surface area (Å²) in [5.41, 5.74) is 0.929. The number of benzene rings is 1. The van der Waals surface area contributed by atoms with E-state index in [2.05, 4.69) is 6.58 Å². The van der Waals surface area contributed by atoms with Crippen molar-refractivity contribution in [2.24, 2.45) is 0 Å². The molecule has 1 aromatic rings. The van der Waals surface area contributed by atoms with E-state index in [0.29, 0.717) is 6.42 Å². The van der Waals surface area contributed by atoms with Crippen LogP contribution in [0.4, 0.5) is 0 Å². The fourth-order valence-electron chi connectivity index (χ4n) is 1.14. The highest BCUT2D eigenvalue weighted by molar-refractivity contribution is 5.72. The molecule has 0 unspecified atom stereocenters. The van der Waals surface area contributed by atoms with Gasteiger partial charge >= 0.3 is 5.97 Å². The Hall–Kier alpha value is -1.77. The number of allylic oxidation sites excluding steroid dienone is 1. The summed E-state index contributed by atoms with van der Waals surface area (Å²) in [7, 11) is 0. The van der Waals surface area contributed by atoms with E-state index in [0.717, 1.165) is 5.56 Å². The van der Waals surface area contributed by atoms with Gasteiger partial charge in [-0.15, -0.1) is 6.58 Å². The van der Waals surface area contributed by atoms with Gasteiger partial charge in [-0.2, -0.15) is 0 Å². The summed E-state index contributed by atoms with van der Waals surface area (Å²) >= 11 is 0. The third-order valence-electron chi connectivity index (χ3n) is 1.92. The van der Waals surface area contributed by atoms with Gasteiger partial charge in [0.1, 0.15) is 0 Å². The first kappa shape index (κ1) is 11.3. The van der Waals surface area contributed by atoms with Crippen LogP contribution in [0.1, 0.15) is 18.9 Å². The van der Waals surface area contributed by atoms with E-state index in [1.807, 2.05) is 0 Å². The summed E-state index contributed by atoms with van der Waals surface area (Å²) in [4.78, 5) is 11.0. The fourth-order valence-corrected chi connectivity index (χ4v) is 1.14. The molecule has 1 rings (SSSR count). The van der Waals surface area contributed by atoms with Crippen molar-refractivity contribution in [3.05, 3.63) is 36.4 Å². The second-order valence-electron chi connectivity index (χ2n) is 3.12. The summed E-state index contributed by atoms with van der Waals surface area (Å²) in [6, 6.07) is 4.95. The lowest BCUT2D eigenvalue weighted by Crippen LogP contribution is -2.05. The highest BCUT2D eigenvalue weighted by atomic mass is 16.5. The summed E-state index contributed by atoms with van der Waals surface area (Å²) in [5.74, 6) is -0.174. The molecule has 0 fully saturated rings. The molecule has 0 heterocycles. The first-order valence-corrected chi connectivity index (χ1v) is 4.80. The predicted molar refractivity (Wildman–Crippen MR) is 57.9 cm³/mol. The Balaban J connectivity index is 2.83. The number of hydrogen-bond donors (Lipinski definition) is 1. The molecule has 0 spiro atoms. The van der Waals surface area contributed by atoms with Gasteiger partial charge in [0, 0.05) is 6.42 Å². The summed E-state index contributed by atoms with van der Waals surface area (Å²) < 4.78 is 4.91. The van der Waals surface area contributed by atoms with Crippen molar-refractivity contribution in [3.63, 3.8) is 0 Å². The minimum absolute atomic E-state index is 0.0175. The normalized spacial score (nSPS) is 9.67. The van der Waals surface area contributed by atoms with Crippen molar-refractivity contribution in [2.45, 2.75) is 19.8 Å². The van der Waals surface area contributed by atoms with Crippen LogP contribution in [0.25, 0.3) is 0 Å². The average Bonchev–Trinajstić information content (AvgIpc) is 2.22. The molecule has 1 aromatic carbocycles. The Labute approximate surface area is 89.0 Å². The highest BCUT2D eigenvalue weighted by Gasteiger charge is 2.07. The fraction of sp³-hybridized carbons (Fsp3) is 0.250. The molecule has 0 amide bonds. The number of phenols is 1. The Kier molecular flexibility index (Phi) is 3.92. The Morgan fingerprint density at radius 2 is 2.33 bits per heavy atom. The van der Waals surface area contributed by atoms with Crippen LogP contribution in [0, 0.1) is 0 Å². The van der Waals surface area contributed by atoms with E-state index in [4.69, 9.17) is 4.74 Å². The number of phenolic OH excluding ortho intramolecular Hbond substituents is 1. The molecule has 0 atom stereocenters. The molecule has 0 aromatic heterocycles. The zero-order chi connectivity index (χ0) is 11.3. The topological polar surface area (TPSA) is 46.5 Å². The SMILES string of the molecule is C=CCc1ccc(OC(=O)CC)c(O)c1. The van der Waals surface area contributed by atoms with E-state index in [9.17, 15) is 9.90 Å². The summed E-state index contributed by atoms with van der Waals surface area (Å²) in [6.45, 7) is 5.30. The number of esters is 1. The van der Waals surface area contributed by atoms with Crippen LogP contribution in [-0.4, -0.2) is 11.1 Å². The first-order chi connectivity index (χ1) is 7.17. The maximum absolute atomic E-state index is 11.0. The molecular formula is C12H14O3. The number of carbonyl (C=O) groups excluding carboxylic acids is 1. The zero-order valence-electron chi connectivity index (χ0n) is 8.69. The van der Waals surface area contributed by atoms with Gasteiger partial charge in [0.05, 0.1) is 0 Å². The van der Waals surface area contributed by atoms with Gasteiger partial charge in [0.25, 0.3) is 0 Å². The standard InChI is InChI=1S/C12H14O3/c1-3-5-9-6-7-11(10(13)8-9)15-12(14)4-2/h3,6-8,13H,1,4-5H2,2H3. The zero-order valence-corrected chi connectivity index (χ0v) is 8.69. The molecule has 1 N–H and O–H groups in total. The smallest absolute Gasteiger partial charge is 0.311 e. The molecule has 15 heavy (non-hydrogen) atoms. The van der Waals surface area contributed by atoms with Crippen molar-refractivity contribution in [3.8, 4) is 11.5 Å². The van der Waals surface area contributed by atoms with Crippen molar-refractivity contribution in [1.82, 2.24) is 0 Å². The van der Waals surface area contributed by atoms with Crippen LogP contribution < -0.4 is 4.74 Å². The van der Waals surface area contributed by atoms with Gasteiger partial charge in [-0.25, -0.2) is 0 Å². The van der Waals surface area contributed by atoms with E-state index in [1.165, 1.54) is 0 Å². The Bertz CT molecular complexity index is 369. The maximum Gasteiger partial charge on any atom is 0.311 e. The van der Waals surface area contributed by atoms with E-state index in [-0.39, 0.29) is 23.9 Å². The van der Waals surface area contributed by atoms with Crippen LogP contribution in [0.5, 0.6) is 11.5 Å². The van der Waals surface area contributed by atoms with Crippen molar-refractivity contribution in [1.29, 1.82) is 0 Å².